The molecule has 0 fully saturated rings. The average molecular weight is 256 g/mol. The Morgan fingerprint density at radius 3 is 2.79 bits per heavy atom. The van der Waals surface area contributed by atoms with Crippen LogP contribution in [0.4, 0.5) is 10.1 Å². The number of anilines is 1. The fourth-order valence-corrected chi connectivity index (χ4v) is 1.66. The molecule has 3 aromatic rings. The lowest BCUT2D eigenvalue weighted by atomic mass is 10.2. The molecule has 0 aliphatic carbocycles. The van der Waals surface area contributed by atoms with Crippen LogP contribution in [0.15, 0.2) is 47.1 Å². The number of aromatic nitrogens is 3. The molecule has 2 heterocycles. The Bertz CT molecular complexity index is 712. The third-order valence-electron chi connectivity index (χ3n) is 2.56. The predicted molar refractivity (Wildman–Crippen MR) is 67.3 cm³/mol. The van der Waals surface area contributed by atoms with Crippen molar-refractivity contribution in [2.24, 2.45) is 0 Å². The predicted octanol–water partition coefficient (Wildman–Crippen LogP) is 2.52. The minimum absolute atomic E-state index is 0.234. The van der Waals surface area contributed by atoms with E-state index in [0.29, 0.717) is 17.1 Å². The number of halogens is 1. The van der Waals surface area contributed by atoms with Crippen LogP contribution in [0, 0.1) is 5.82 Å². The van der Waals surface area contributed by atoms with Crippen molar-refractivity contribution in [1.29, 1.82) is 0 Å². The van der Waals surface area contributed by atoms with Gasteiger partial charge in [-0.2, -0.15) is 4.98 Å². The first-order valence-electron chi connectivity index (χ1n) is 5.54. The molecule has 0 unspecified atom stereocenters. The fraction of sp³-hybridized carbons (Fsp3) is 0. The van der Waals surface area contributed by atoms with Crippen LogP contribution < -0.4 is 5.73 Å². The van der Waals surface area contributed by atoms with Gasteiger partial charge in [0.2, 0.25) is 5.82 Å². The van der Waals surface area contributed by atoms with Crippen LogP contribution in [0.3, 0.4) is 0 Å². The molecule has 1 aromatic carbocycles. The topological polar surface area (TPSA) is 77.8 Å². The zero-order chi connectivity index (χ0) is 13.2. The molecule has 0 spiro atoms. The van der Waals surface area contributed by atoms with E-state index in [1.807, 2.05) is 6.07 Å². The molecule has 0 amide bonds. The molecular weight excluding hydrogens is 247 g/mol. The fourth-order valence-electron chi connectivity index (χ4n) is 1.66. The van der Waals surface area contributed by atoms with E-state index in [-0.39, 0.29) is 11.6 Å². The summed E-state index contributed by atoms with van der Waals surface area (Å²) >= 11 is 0. The van der Waals surface area contributed by atoms with E-state index in [4.69, 9.17) is 10.3 Å². The molecule has 5 nitrogen and oxygen atoms in total. The van der Waals surface area contributed by atoms with E-state index in [2.05, 4.69) is 15.1 Å². The zero-order valence-corrected chi connectivity index (χ0v) is 9.75. The van der Waals surface area contributed by atoms with Gasteiger partial charge in [0.15, 0.2) is 0 Å². The maximum atomic E-state index is 13.0. The monoisotopic (exact) mass is 256 g/mol. The van der Waals surface area contributed by atoms with E-state index in [1.165, 1.54) is 18.2 Å². The summed E-state index contributed by atoms with van der Waals surface area (Å²) in [6.45, 7) is 0. The number of pyridine rings is 1. The van der Waals surface area contributed by atoms with Gasteiger partial charge in [0, 0.05) is 11.9 Å². The van der Waals surface area contributed by atoms with Gasteiger partial charge in [-0.25, -0.2) is 4.39 Å². The molecule has 0 bridgehead atoms. The summed E-state index contributed by atoms with van der Waals surface area (Å²) in [6, 6.07) is 9.38. The van der Waals surface area contributed by atoms with Crippen molar-refractivity contribution in [2.45, 2.75) is 0 Å². The van der Waals surface area contributed by atoms with E-state index >= 15 is 0 Å². The first kappa shape index (κ1) is 11.3. The molecular formula is C13H9FN4O. The maximum Gasteiger partial charge on any atom is 0.260 e. The van der Waals surface area contributed by atoms with Crippen LogP contribution in [0.1, 0.15) is 0 Å². The Balaban J connectivity index is 2.02. The lowest BCUT2D eigenvalue weighted by Crippen LogP contribution is -1.91. The van der Waals surface area contributed by atoms with Gasteiger partial charge in [-0.3, -0.25) is 4.98 Å². The Morgan fingerprint density at radius 2 is 2.05 bits per heavy atom. The standard InChI is InChI=1S/C13H9FN4O/c14-8-4-5-9(10(15)7-8)13-17-12(18-19-13)11-3-1-2-6-16-11/h1-7H,15H2. The first-order chi connectivity index (χ1) is 9.24. The van der Waals surface area contributed by atoms with Gasteiger partial charge >= 0.3 is 0 Å². The van der Waals surface area contributed by atoms with Crippen LogP contribution in [0.25, 0.3) is 23.0 Å². The van der Waals surface area contributed by atoms with Gasteiger partial charge in [0.1, 0.15) is 11.5 Å². The summed E-state index contributed by atoms with van der Waals surface area (Å²) in [7, 11) is 0. The Kier molecular flexibility index (Phi) is 2.68. The molecule has 0 atom stereocenters. The van der Waals surface area contributed by atoms with Gasteiger partial charge in [-0.15, -0.1) is 0 Å². The number of nitrogens with two attached hydrogens (primary N) is 1. The Morgan fingerprint density at radius 1 is 1.16 bits per heavy atom. The molecule has 3 rings (SSSR count). The number of rotatable bonds is 2. The van der Waals surface area contributed by atoms with Crippen LogP contribution in [-0.2, 0) is 0 Å². The van der Waals surface area contributed by atoms with Crippen LogP contribution in [0.5, 0.6) is 0 Å². The van der Waals surface area contributed by atoms with E-state index < -0.39 is 5.82 Å². The molecule has 0 radical (unpaired) electrons. The molecule has 19 heavy (non-hydrogen) atoms. The van der Waals surface area contributed by atoms with Crippen LogP contribution in [-0.4, -0.2) is 15.1 Å². The molecule has 6 heteroatoms. The van der Waals surface area contributed by atoms with Gasteiger partial charge in [-0.05, 0) is 30.3 Å². The van der Waals surface area contributed by atoms with Gasteiger partial charge in [0.05, 0.1) is 5.56 Å². The van der Waals surface area contributed by atoms with E-state index in [9.17, 15) is 4.39 Å². The lowest BCUT2D eigenvalue weighted by molar-refractivity contribution is 0.432. The average Bonchev–Trinajstić information content (AvgIpc) is 2.89. The summed E-state index contributed by atoms with van der Waals surface area (Å²) < 4.78 is 18.1. The minimum atomic E-state index is -0.411. The van der Waals surface area contributed by atoms with Gasteiger partial charge in [0.25, 0.3) is 5.89 Å². The van der Waals surface area contributed by atoms with Crippen molar-refractivity contribution in [3.8, 4) is 23.0 Å². The quantitative estimate of drug-likeness (QED) is 0.713. The second-order valence-electron chi connectivity index (χ2n) is 3.87. The minimum Gasteiger partial charge on any atom is -0.398 e. The number of benzene rings is 1. The number of nitrogens with zero attached hydrogens (tertiary/aromatic N) is 3. The van der Waals surface area contributed by atoms with Crippen molar-refractivity contribution in [1.82, 2.24) is 15.1 Å². The normalized spacial score (nSPS) is 10.6. The number of hydrogen-bond acceptors (Lipinski definition) is 5. The lowest BCUT2D eigenvalue weighted by Gasteiger charge is -1.99. The molecule has 0 aliphatic heterocycles. The Hall–Kier alpha value is -2.76. The molecule has 2 aromatic heterocycles. The Labute approximate surface area is 107 Å². The number of nitrogen functional groups attached to an aromatic ring is 1. The van der Waals surface area contributed by atoms with Crippen LogP contribution in [0.2, 0.25) is 0 Å². The highest BCUT2D eigenvalue weighted by molar-refractivity contribution is 5.71. The smallest absolute Gasteiger partial charge is 0.260 e. The molecule has 2 N–H and O–H groups in total. The summed E-state index contributed by atoms with van der Waals surface area (Å²) in [5.41, 5.74) is 7.06. The largest absolute Gasteiger partial charge is 0.398 e. The maximum absolute atomic E-state index is 13.0. The van der Waals surface area contributed by atoms with Crippen molar-refractivity contribution < 1.29 is 8.91 Å². The summed E-state index contributed by atoms with van der Waals surface area (Å²) in [6.07, 6.45) is 1.64. The highest BCUT2D eigenvalue weighted by Crippen LogP contribution is 2.26. The zero-order valence-electron chi connectivity index (χ0n) is 9.75. The molecule has 94 valence electrons. The van der Waals surface area contributed by atoms with E-state index in [0.717, 1.165) is 0 Å². The van der Waals surface area contributed by atoms with Crippen molar-refractivity contribution >= 4 is 5.69 Å². The summed E-state index contributed by atoms with van der Waals surface area (Å²) in [5, 5.41) is 3.83. The van der Waals surface area contributed by atoms with E-state index in [1.54, 1.807) is 18.3 Å². The molecule has 0 saturated heterocycles. The van der Waals surface area contributed by atoms with Gasteiger partial charge in [-0.1, -0.05) is 11.2 Å². The van der Waals surface area contributed by atoms with Crippen molar-refractivity contribution in [3.05, 3.63) is 48.4 Å². The summed E-state index contributed by atoms with van der Waals surface area (Å²) in [5.74, 6) is 0.184. The van der Waals surface area contributed by atoms with Crippen molar-refractivity contribution in [2.75, 3.05) is 5.73 Å². The second kappa shape index (κ2) is 4.49. The van der Waals surface area contributed by atoms with Gasteiger partial charge < -0.3 is 10.3 Å². The molecule has 0 aliphatic rings. The second-order valence-corrected chi connectivity index (χ2v) is 3.87. The third-order valence-corrected chi connectivity index (χ3v) is 2.56. The summed E-state index contributed by atoms with van der Waals surface area (Å²) in [4.78, 5) is 8.31. The highest BCUT2D eigenvalue weighted by atomic mass is 19.1. The first-order valence-corrected chi connectivity index (χ1v) is 5.54. The third kappa shape index (κ3) is 2.15. The van der Waals surface area contributed by atoms with Crippen LogP contribution >= 0.6 is 0 Å². The highest BCUT2D eigenvalue weighted by Gasteiger charge is 2.13. The van der Waals surface area contributed by atoms with Crippen molar-refractivity contribution in [3.63, 3.8) is 0 Å². The number of hydrogen-bond donors (Lipinski definition) is 1. The molecule has 0 saturated carbocycles. The SMILES string of the molecule is Nc1cc(F)ccc1-c1nc(-c2ccccn2)no1.